The van der Waals surface area contributed by atoms with Crippen LogP contribution < -0.4 is 4.90 Å². The topological polar surface area (TPSA) is 63.5 Å². The third-order valence-electron chi connectivity index (χ3n) is 6.00. The fourth-order valence-electron chi connectivity index (χ4n) is 4.18. The Balaban J connectivity index is 1.63. The maximum Gasteiger partial charge on any atom is 0.280 e. The highest BCUT2D eigenvalue weighted by atomic mass is 32.1. The summed E-state index contributed by atoms with van der Waals surface area (Å²) < 4.78 is 8.51. The van der Waals surface area contributed by atoms with Crippen molar-refractivity contribution in [3.63, 3.8) is 0 Å². The first-order valence-electron chi connectivity index (χ1n) is 11.4. The van der Waals surface area contributed by atoms with Crippen LogP contribution in [0.25, 0.3) is 10.2 Å². The van der Waals surface area contributed by atoms with Gasteiger partial charge in [0.15, 0.2) is 10.8 Å². The number of benzene rings is 1. The standard InChI is InChI=1S/C24H33N5O2S/c1-16(2)29-19(5)15-20(26-29)23(30)28(10-6-9-27-11-13-31-14-12-27)24-25-21-17(3)7-8-18(4)22(21)32-24/h7-8,15-16H,6,9-14H2,1-5H3. The molecular formula is C24H33N5O2S. The molecule has 3 aromatic rings. The first-order valence-corrected chi connectivity index (χ1v) is 12.2. The lowest BCUT2D eigenvalue weighted by Gasteiger charge is -2.27. The number of aromatic nitrogens is 3. The molecule has 1 fully saturated rings. The van der Waals surface area contributed by atoms with Gasteiger partial charge in [-0.1, -0.05) is 23.5 Å². The zero-order chi connectivity index (χ0) is 22.8. The molecule has 1 amide bonds. The zero-order valence-electron chi connectivity index (χ0n) is 19.7. The van der Waals surface area contributed by atoms with Gasteiger partial charge in [0.2, 0.25) is 0 Å². The molecule has 0 bridgehead atoms. The summed E-state index contributed by atoms with van der Waals surface area (Å²) in [6.45, 7) is 15.3. The van der Waals surface area contributed by atoms with Gasteiger partial charge in [-0.3, -0.25) is 19.3 Å². The predicted octanol–water partition coefficient (Wildman–Crippen LogP) is 4.37. The van der Waals surface area contributed by atoms with Crippen molar-refractivity contribution in [2.45, 2.75) is 47.1 Å². The van der Waals surface area contributed by atoms with Crippen LogP contribution in [0.4, 0.5) is 5.13 Å². The number of anilines is 1. The van der Waals surface area contributed by atoms with Crippen LogP contribution >= 0.6 is 11.3 Å². The van der Waals surface area contributed by atoms with Crippen molar-refractivity contribution in [1.82, 2.24) is 19.7 Å². The van der Waals surface area contributed by atoms with Crippen LogP contribution in [0.1, 0.15) is 53.6 Å². The Morgan fingerprint density at radius 2 is 1.91 bits per heavy atom. The smallest absolute Gasteiger partial charge is 0.280 e. The molecule has 0 unspecified atom stereocenters. The Hall–Kier alpha value is -2.29. The quantitative estimate of drug-likeness (QED) is 0.529. The van der Waals surface area contributed by atoms with Crippen molar-refractivity contribution in [1.29, 1.82) is 0 Å². The van der Waals surface area contributed by atoms with Crippen LogP contribution in [0, 0.1) is 20.8 Å². The first kappa shape index (κ1) is 22.9. The van der Waals surface area contributed by atoms with Gasteiger partial charge in [-0.05, 0) is 58.2 Å². The average molecular weight is 456 g/mol. The zero-order valence-corrected chi connectivity index (χ0v) is 20.5. The molecule has 0 aliphatic carbocycles. The van der Waals surface area contributed by atoms with Gasteiger partial charge >= 0.3 is 0 Å². The number of fused-ring (bicyclic) bond motifs is 1. The summed E-state index contributed by atoms with van der Waals surface area (Å²) in [5, 5.41) is 5.37. The van der Waals surface area contributed by atoms with Crippen molar-refractivity contribution >= 4 is 32.6 Å². The van der Waals surface area contributed by atoms with E-state index in [2.05, 4.69) is 49.8 Å². The monoisotopic (exact) mass is 455 g/mol. The lowest BCUT2D eigenvalue weighted by Crippen LogP contribution is -2.39. The number of hydrogen-bond acceptors (Lipinski definition) is 6. The molecule has 1 saturated heterocycles. The summed E-state index contributed by atoms with van der Waals surface area (Å²) in [5.41, 5.74) is 4.78. The number of hydrogen-bond donors (Lipinski definition) is 0. The first-order chi connectivity index (χ1) is 15.3. The molecule has 0 radical (unpaired) electrons. The summed E-state index contributed by atoms with van der Waals surface area (Å²) in [5.74, 6) is -0.0798. The van der Waals surface area contributed by atoms with Gasteiger partial charge in [-0.2, -0.15) is 5.10 Å². The summed E-state index contributed by atoms with van der Waals surface area (Å²) in [6, 6.07) is 6.32. The fraction of sp³-hybridized carbons (Fsp3) is 0.542. The van der Waals surface area contributed by atoms with Crippen molar-refractivity contribution in [3.05, 3.63) is 40.7 Å². The molecule has 0 spiro atoms. The van der Waals surface area contributed by atoms with E-state index in [1.807, 2.05) is 22.6 Å². The number of ether oxygens (including phenoxy) is 1. The molecule has 1 aliphatic heterocycles. The van der Waals surface area contributed by atoms with Gasteiger partial charge in [0.05, 0.1) is 23.4 Å². The van der Waals surface area contributed by atoms with Crippen LogP contribution in [0.5, 0.6) is 0 Å². The number of rotatable bonds is 7. The SMILES string of the molecule is Cc1ccc(C)c2sc(N(CCCN3CCOCC3)C(=O)c3cc(C)n(C(C)C)n3)nc12. The summed E-state index contributed by atoms with van der Waals surface area (Å²) in [4.78, 5) is 22.8. The third kappa shape index (κ3) is 4.72. The molecule has 172 valence electrons. The van der Waals surface area contributed by atoms with Crippen LogP contribution in [0.2, 0.25) is 0 Å². The normalized spacial score (nSPS) is 15.1. The Kier molecular flexibility index (Phi) is 6.93. The fourth-order valence-corrected chi connectivity index (χ4v) is 5.31. The lowest BCUT2D eigenvalue weighted by molar-refractivity contribution is 0.0376. The molecule has 3 heterocycles. The summed E-state index contributed by atoms with van der Waals surface area (Å²) in [7, 11) is 0. The second-order valence-electron chi connectivity index (χ2n) is 8.85. The number of amides is 1. The summed E-state index contributed by atoms with van der Waals surface area (Å²) >= 11 is 1.60. The molecule has 0 N–H and O–H groups in total. The Labute approximate surface area is 194 Å². The minimum Gasteiger partial charge on any atom is -0.379 e. The van der Waals surface area contributed by atoms with E-state index < -0.39 is 0 Å². The van der Waals surface area contributed by atoms with E-state index in [0.717, 1.165) is 65.9 Å². The number of carbonyl (C=O) groups is 1. The van der Waals surface area contributed by atoms with E-state index in [4.69, 9.17) is 9.72 Å². The molecule has 4 rings (SSSR count). The molecular weight excluding hydrogens is 422 g/mol. The van der Waals surface area contributed by atoms with E-state index >= 15 is 0 Å². The van der Waals surface area contributed by atoms with E-state index in [1.165, 1.54) is 5.56 Å². The van der Waals surface area contributed by atoms with Gasteiger partial charge in [0.1, 0.15) is 0 Å². The second-order valence-corrected chi connectivity index (χ2v) is 9.82. The molecule has 8 heteroatoms. The number of aryl methyl sites for hydroxylation is 3. The molecule has 0 atom stereocenters. The van der Waals surface area contributed by atoms with E-state index in [1.54, 1.807) is 11.3 Å². The minimum atomic E-state index is -0.0798. The largest absolute Gasteiger partial charge is 0.379 e. The van der Waals surface area contributed by atoms with Crippen LogP contribution in [0.15, 0.2) is 18.2 Å². The highest BCUT2D eigenvalue weighted by Gasteiger charge is 2.25. The second kappa shape index (κ2) is 9.68. The molecule has 7 nitrogen and oxygen atoms in total. The van der Waals surface area contributed by atoms with Crippen molar-refractivity contribution in [3.8, 4) is 0 Å². The van der Waals surface area contributed by atoms with Crippen molar-refractivity contribution < 1.29 is 9.53 Å². The van der Waals surface area contributed by atoms with E-state index in [9.17, 15) is 4.79 Å². The highest BCUT2D eigenvalue weighted by molar-refractivity contribution is 7.22. The van der Waals surface area contributed by atoms with Crippen molar-refractivity contribution in [2.24, 2.45) is 0 Å². The lowest BCUT2D eigenvalue weighted by atomic mass is 10.1. The van der Waals surface area contributed by atoms with Crippen LogP contribution in [-0.2, 0) is 4.74 Å². The Morgan fingerprint density at radius 1 is 1.19 bits per heavy atom. The van der Waals surface area contributed by atoms with Gasteiger partial charge in [0.25, 0.3) is 5.91 Å². The average Bonchev–Trinajstić information content (AvgIpc) is 3.39. The molecule has 1 aliphatic rings. The number of thiazole rings is 1. The number of nitrogens with zero attached hydrogens (tertiary/aromatic N) is 5. The van der Waals surface area contributed by atoms with Gasteiger partial charge < -0.3 is 4.74 Å². The molecule has 1 aromatic carbocycles. The maximum absolute atomic E-state index is 13.6. The number of carbonyl (C=O) groups excluding carboxylic acids is 1. The number of morpholine rings is 1. The minimum absolute atomic E-state index is 0.0798. The molecule has 32 heavy (non-hydrogen) atoms. The van der Waals surface area contributed by atoms with Gasteiger partial charge in [-0.25, -0.2) is 4.98 Å². The summed E-state index contributed by atoms with van der Waals surface area (Å²) in [6.07, 6.45) is 0.878. The Morgan fingerprint density at radius 3 is 2.56 bits per heavy atom. The highest BCUT2D eigenvalue weighted by Crippen LogP contribution is 2.34. The predicted molar refractivity (Wildman–Crippen MR) is 130 cm³/mol. The molecule has 2 aromatic heterocycles. The van der Waals surface area contributed by atoms with Crippen LogP contribution in [0.3, 0.4) is 0 Å². The van der Waals surface area contributed by atoms with Crippen molar-refractivity contribution in [2.75, 3.05) is 44.3 Å². The van der Waals surface area contributed by atoms with Gasteiger partial charge in [-0.15, -0.1) is 0 Å². The van der Waals surface area contributed by atoms with Gasteiger partial charge in [0, 0.05) is 37.9 Å². The van der Waals surface area contributed by atoms with Crippen LogP contribution in [-0.4, -0.2) is 65.0 Å². The maximum atomic E-state index is 13.6. The Bertz CT molecular complexity index is 1060. The molecule has 0 saturated carbocycles. The third-order valence-corrected chi connectivity index (χ3v) is 7.21. The van der Waals surface area contributed by atoms with E-state index in [-0.39, 0.29) is 11.9 Å². The van der Waals surface area contributed by atoms with E-state index in [0.29, 0.717) is 12.2 Å².